The molecular weight excluding hydrogens is 477 g/mol. The van der Waals surface area contributed by atoms with Gasteiger partial charge in [0, 0.05) is 22.8 Å². The Morgan fingerprint density at radius 2 is 1.93 bits per heavy atom. The van der Waals surface area contributed by atoms with Crippen molar-refractivity contribution in [1.82, 2.24) is 4.98 Å². The summed E-state index contributed by atoms with van der Waals surface area (Å²) < 4.78 is 18.5. The second-order valence-electron chi connectivity index (χ2n) is 7.32. The topological polar surface area (TPSA) is 44.5 Å². The molecule has 29 heavy (non-hydrogen) atoms. The molecule has 1 aromatic heterocycles. The number of hydrogen-bond donors (Lipinski definition) is 0. The van der Waals surface area contributed by atoms with E-state index in [-0.39, 0.29) is 0 Å². The average molecular weight is 503 g/mol. The van der Waals surface area contributed by atoms with E-state index in [4.69, 9.17) is 18.9 Å². The van der Waals surface area contributed by atoms with Gasteiger partial charge in [-0.3, -0.25) is 0 Å². The molecule has 2 aromatic carbocycles. The number of fused-ring (bicyclic) bond motifs is 1. The number of aromatic nitrogens is 1. The molecule has 0 saturated heterocycles. The van der Waals surface area contributed by atoms with Crippen molar-refractivity contribution in [3.63, 3.8) is 0 Å². The van der Waals surface area contributed by atoms with E-state index in [1.165, 1.54) is 22.0 Å². The van der Waals surface area contributed by atoms with Gasteiger partial charge < -0.3 is 13.9 Å². The second kappa shape index (κ2) is 9.20. The average Bonchev–Trinajstić information content (AvgIpc) is 3.37. The van der Waals surface area contributed by atoms with Gasteiger partial charge in [-0.15, -0.1) is 0 Å². The fourth-order valence-corrected chi connectivity index (χ4v) is 4.82. The molecule has 0 fully saturated rings. The minimum absolute atomic E-state index is 0.593. The monoisotopic (exact) mass is 503 g/mol. The van der Waals surface area contributed by atoms with Crippen molar-refractivity contribution < 1.29 is 13.9 Å². The predicted molar refractivity (Wildman–Crippen MR) is 123 cm³/mol. The van der Waals surface area contributed by atoms with E-state index < -0.39 is 0 Å². The van der Waals surface area contributed by atoms with Gasteiger partial charge in [0.15, 0.2) is 0 Å². The van der Waals surface area contributed by atoms with Crippen LogP contribution >= 0.6 is 22.6 Å². The molecule has 4 rings (SSSR count). The number of benzene rings is 2. The Labute approximate surface area is 185 Å². The Morgan fingerprint density at radius 3 is 2.66 bits per heavy atom. The summed E-state index contributed by atoms with van der Waals surface area (Å²) in [4.78, 5) is 4.73. The van der Waals surface area contributed by atoms with Gasteiger partial charge in [-0.05, 0) is 66.3 Å². The van der Waals surface area contributed by atoms with Crippen molar-refractivity contribution >= 4 is 22.6 Å². The maximum Gasteiger partial charge on any atom is 0.226 e. The maximum absolute atomic E-state index is 6.05. The van der Waals surface area contributed by atoms with Crippen LogP contribution in [-0.4, -0.2) is 23.1 Å². The summed E-state index contributed by atoms with van der Waals surface area (Å²) in [7, 11) is 1.66. The molecule has 3 aromatic rings. The van der Waals surface area contributed by atoms with Crippen molar-refractivity contribution in [2.45, 2.75) is 38.5 Å². The van der Waals surface area contributed by atoms with Gasteiger partial charge in [0.2, 0.25) is 5.89 Å². The van der Waals surface area contributed by atoms with Gasteiger partial charge >= 0.3 is 0 Å². The first kappa shape index (κ1) is 20.3. The highest BCUT2D eigenvalue weighted by Gasteiger charge is 2.21. The number of nitrogens with zero attached hydrogens (tertiary/aromatic N) is 1. The summed E-state index contributed by atoms with van der Waals surface area (Å²) in [5.41, 5.74) is 4.88. The lowest BCUT2D eigenvalue weighted by molar-refractivity contribution is 0.319. The largest absolute Gasteiger partial charge is 0.497 e. The number of aryl methyl sites for hydroxylation is 2. The van der Waals surface area contributed by atoms with Crippen LogP contribution in [0.1, 0.15) is 41.8 Å². The predicted octanol–water partition coefficient (Wildman–Crippen LogP) is 6.00. The van der Waals surface area contributed by atoms with Crippen LogP contribution in [-0.2, 0) is 19.3 Å². The van der Waals surface area contributed by atoms with Crippen LogP contribution in [0.2, 0.25) is 0 Å². The second-order valence-corrected chi connectivity index (χ2v) is 8.20. The number of methoxy groups -OCH3 is 1. The summed E-state index contributed by atoms with van der Waals surface area (Å²) >= 11 is 2.49. The molecule has 0 bridgehead atoms. The Bertz CT molecular complexity index is 965. The molecule has 0 spiro atoms. The van der Waals surface area contributed by atoms with Crippen LogP contribution in [0.15, 0.2) is 46.9 Å². The summed E-state index contributed by atoms with van der Waals surface area (Å²) in [5, 5.41) is 0. The number of alkyl halides is 1. The number of hydrogen-bond acceptors (Lipinski definition) is 4. The minimum atomic E-state index is 0.593. The number of ether oxygens (including phenoxy) is 2. The third kappa shape index (κ3) is 4.44. The fraction of sp³-hybridized carbons (Fsp3) is 0.375. The molecule has 1 aliphatic rings. The maximum atomic E-state index is 6.05. The highest BCUT2D eigenvalue weighted by molar-refractivity contribution is 14.1. The molecule has 152 valence electrons. The molecule has 0 aliphatic heterocycles. The zero-order valence-electron chi connectivity index (χ0n) is 16.9. The summed E-state index contributed by atoms with van der Waals surface area (Å²) in [6.45, 7) is 2.68. The molecule has 0 unspecified atom stereocenters. The SMILES string of the molecule is CCc1oc(-c2ccc(OC)cc2)nc1CCOc1ccc2c(c1)CC[C@H]2CI. The van der Waals surface area contributed by atoms with Crippen LogP contribution in [0.25, 0.3) is 11.5 Å². The van der Waals surface area contributed by atoms with E-state index in [0.717, 1.165) is 47.8 Å². The third-order valence-corrected chi connectivity index (χ3v) is 6.61. The molecule has 0 saturated carbocycles. The van der Waals surface area contributed by atoms with Gasteiger partial charge in [-0.25, -0.2) is 4.98 Å². The van der Waals surface area contributed by atoms with Crippen LogP contribution in [0.3, 0.4) is 0 Å². The van der Waals surface area contributed by atoms with E-state index in [1.807, 2.05) is 24.3 Å². The first-order valence-electron chi connectivity index (χ1n) is 10.2. The van der Waals surface area contributed by atoms with E-state index >= 15 is 0 Å². The van der Waals surface area contributed by atoms with E-state index in [2.05, 4.69) is 47.7 Å². The third-order valence-electron chi connectivity index (χ3n) is 5.55. The highest BCUT2D eigenvalue weighted by Crippen LogP contribution is 2.36. The molecular formula is C24H26INO3. The fourth-order valence-electron chi connectivity index (χ4n) is 3.91. The molecule has 0 radical (unpaired) electrons. The van der Waals surface area contributed by atoms with Crippen molar-refractivity contribution in [3.05, 3.63) is 65.0 Å². The number of halogens is 1. The van der Waals surface area contributed by atoms with Gasteiger partial charge in [0.1, 0.15) is 17.3 Å². The summed E-state index contributed by atoms with van der Waals surface area (Å²) in [6, 6.07) is 14.4. The molecule has 5 heteroatoms. The Morgan fingerprint density at radius 1 is 1.14 bits per heavy atom. The summed E-state index contributed by atoms with van der Waals surface area (Å²) in [6.07, 6.45) is 3.97. The van der Waals surface area contributed by atoms with Crippen LogP contribution in [0.5, 0.6) is 11.5 Å². The van der Waals surface area contributed by atoms with Crippen LogP contribution < -0.4 is 9.47 Å². The van der Waals surface area contributed by atoms with Crippen molar-refractivity contribution in [3.8, 4) is 23.0 Å². The molecule has 1 aliphatic carbocycles. The van der Waals surface area contributed by atoms with E-state index in [1.54, 1.807) is 7.11 Å². The van der Waals surface area contributed by atoms with Gasteiger partial charge in [0.25, 0.3) is 0 Å². The lowest BCUT2D eigenvalue weighted by Gasteiger charge is -2.10. The quantitative estimate of drug-likeness (QED) is 0.280. The normalized spacial score (nSPS) is 15.3. The Kier molecular flexibility index (Phi) is 6.43. The Hall–Kier alpha value is -2.02. The van der Waals surface area contributed by atoms with Gasteiger partial charge in [-0.1, -0.05) is 35.6 Å². The lowest BCUT2D eigenvalue weighted by atomic mass is 10.0. The smallest absolute Gasteiger partial charge is 0.226 e. The Balaban J connectivity index is 1.41. The van der Waals surface area contributed by atoms with Crippen LogP contribution in [0, 0.1) is 0 Å². The zero-order chi connectivity index (χ0) is 20.2. The highest BCUT2D eigenvalue weighted by atomic mass is 127. The minimum Gasteiger partial charge on any atom is -0.497 e. The standard InChI is InChI=1S/C24H26INO3/c1-3-23-22(26-24(29-23)16-6-8-19(27-2)9-7-16)12-13-28-20-10-11-21-17(14-20)4-5-18(21)15-25/h6-11,14,18H,3-5,12-13,15H2,1-2H3/t18-/m0/s1. The van der Waals surface area contributed by atoms with Gasteiger partial charge in [0.05, 0.1) is 19.4 Å². The van der Waals surface area contributed by atoms with Crippen molar-refractivity contribution in [2.75, 3.05) is 18.1 Å². The van der Waals surface area contributed by atoms with E-state index in [0.29, 0.717) is 18.4 Å². The van der Waals surface area contributed by atoms with Crippen molar-refractivity contribution in [1.29, 1.82) is 0 Å². The summed E-state index contributed by atoms with van der Waals surface area (Å²) in [5.74, 6) is 4.07. The molecule has 1 atom stereocenters. The van der Waals surface area contributed by atoms with Gasteiger partial charge in [-0.2, -0.15) is 0 Å². The van der Waals surface area contributed by atoms with Crippen molar-refractivity contribution in [2.24, 2.45) is 0 Å². The molecule has 1 heterocycles. The van der Waals surface area contributed by atoms with E-state index in [9.17, 15) is 0 Å². The molecule has 0 N–H and O–H groups in total. The number of oxazole rings is 1. The zero-order valence-corrected chi connectivity index (χ0v) is 19.1. The first-order chi connectivity index (χ1) is 14.2. The lowest BCUT2D eigenvalue weighted by Crippen LogP contribution is -2.04. The number of rotatable bonds is 8. The van der Waals surface area contributed by atoms with Crippen LogP contribution in [0.4, 0.5) is 0 Å². The molecule has 4 nitrogen and oxygen atoms in total. The first-order valence-corrected chi connectivity index (χ1v) is 11.7. The molecule has 0 amide bonds.